The van der Waals surface area contributed by atoms with Crippen molar-refractivity contribution in [1.29, 1.82) is 0 Å². The van der Waals surface area contributed by atoms with Crippen LogP contribution in [0, 0.1) is 0 Å². The predicted molar refractivity (Wildman–Crippen MR) is 87.3 cm³/mol. The molecule has 0 radical (unpaired) electrons. The Hall–Kier alpha value is -2.66. The first kappa shape index (κ1) is 24.4. The zero-order valence-electron chi connectivity index (χ0n) is 15.5. The maximum Gasteiger partial charge on any atom is 0.573 e. The van der Waals surface area contributed by atoms with Crippen molar-refractivity contribution < 1.29 is 50.1 Å². The number of rotatable bonds is 9. The zero-order valence-corrected chi connectivity index (χ0v) is 15.5. The number of esters is 1. The molecule has 164 valence electrons. The monoisotopic (exact) mass is 431 g/mol. The summed E-state index contributed by atoms with van der Waals surface area (Å²) in [6.07, 6.45) is -10.5. The van der Waals surface area contributed by atoms with Crippen molar-refractivity contribution >= 4 is 11.9 Å². The minimum Gasteiger partial charge on any atom is -0.480 e. The van der Waals surface area contributed by atoms with E-state index in [1.165, 1.54) is 4.90 Å². The van der Waals surface area contributed by atoms with E-state index >= 15 is 0 Å². The molecule has 0 spiro atoms. The number of benzene rings is 1. The van der Waals surface area contributed by atoms with Gasteiger partial charge < -0.3 is 19.1 Å². The first-order valence-electron chi connectivity index (χ1n) is 8.36. The Morgan fingerprint density at radius 3 is 2.14 bits per heavy atom. The van der Waals surface area contributed by atoms with Crippen LogP contribution in [0.3, 0.4) is 0 Å². The van der Waals surface area contributed by atoms with Gasteiger partial charge in [-0.3, -0.25) is 9.59 Å². The van der Waals surface area contributed by atoms with Gasteiger partial charge in [-0.1, -0.05) is 6.07 Å². The van der Waals surface area contributed by atoms with Crippen molar-refractivity contribution in [3.05, 3.63) is 23.8 Å². The maximum atomic E-state index is 12.6. The van der Waals surface area contributed by atoms with E-state index in [4.69, 9.17) is 4.74 Å². The van der Waals surface area contributed by atoms with Crippen LogP contribution in [0.15, 0.2) is 18.2 Å². The maximum absolute atomic E-state index is 12.6. The molecule has 1 aromatic rings. The molecular formula is C17H19F6NO5. The van der Waals surface area contributed by atoms with E-state index in [2.05, 4.69) is 9.47 Å². The summed E-state index contributed by atoms with van der Waals surface area (Å²) in [4.78, 5) is 24.8. The summed E-state index contributed by atoms with van der Waals surface area (Å²) in [5.74, 6) is -3.01. The standard InChI is InChI=1S/C17H19F6NO5/c1-3-24(4-2)14(25)9-27-12-6-5-11(7-13(12)29-17(21,22)23)8-15(26)28-10-16(18,19)20/h5-7H,3-4,8-10H2,1-2H3. The summed E-state index contributed by atoms with van der Waals surface area (Å²) >= 11 is 0. The third-order valence-corrected chi connectivity index (χ3v) is 3.45. The minimum absolute atomic E-state index is 0.0983. The number of nitrogens with zero attached hydrogens (tertiary/aromatic N) is 1. The van der Waals surface area contributed by atoms with Crippen LogP contribution >= 0.6 is 0 Å². The lowest BCUT2D eigenvalue weighted by molar-refractivity contribution is -0.275. The third kappa shape index (κ3) is 9.39. The fraction of sp³-hybridized carbons (Fsp3) is 0.529. The number of carbonyl (C=O) groups is 2. The Balaban J connectivity index is 2.92. The van der Waals surface area contributed by atoms with E-state index in [-0.39, 0.29) is 5.56 Å². The molecule has 6 nitrogen and oxygen atoms in total. The summed E-state index contributed by atoms with van der Waals surface area (Å²) in [6, 6.07) is 2.94. The predicted octanol–water partition coefficient (Wildman–Crippen LogP) is 3.48. The molecule has 1 amide bonds. The molecule has 1 aromatic carbocycles. The molecule has 29 heavy (non-hydrogen) atoms. The van der Waals surface area contributed by atoms with E-state index < -0.39 is 55.5 Å². The van der Waals surface area contributed by atoms with Crippen molar-refractivity contribution in [3.8, 4) is 11.5 Å². The van der Waals surface area contributed by atoms with Crippen LogP contribution < -0.4 is 9.47 Å². The number of likely N-dealkylation sites (N-methyl/N-ethyl adjacent to an activating group) is 1. The highest BCUT2D eigenvalue weighted by atomic mass is 19.4. The van der Waals surface area contributed by atoms with Gasteiger partial charge in [-0.2, -0.15) is 13.2 Å². The van der Waals surface area contributed by atoms with Gasteiger partial charge in [0.1, 0.15) is 0 Å². The lowest BCUT2D eigenvalue weighted by Crippen LogP contribution is -2.34. The normalized spacial score (nSPS) is 11.7. The van der Waals surface area contributed by atoms with Gasteiger partial charge in [0.05, 0.1) is 6.42 Å². The summed E-state index contributed by atoms with van der Waals surface area (Å²) in [7, 11) is 0. The number of halogens is 6. The number of carbonyl (C=O) groups excluding carboxylic acids is 2. The molecule has 0 aliphatic rings. The van der Waals surface area contributed by atoms with Gasteiger partial charge in [-0.15, -0.1) is 13.2 Å². The molecule has 0 aliphatic carbocycles. The Morgan fingerprint density at radius 2 is 1.62 bits per heavy atom. The molecule has 1 rings (SSSR count). The van der Waals surface area contributed by atoms with Crippen LogP contribution in [0.1, 0.15) is 19.4 Å². The Bertz CT molecular complexity index is 701. The number of amides is 1. The molecule has 0 heterocycles. The number of hydrogen-bond donors (Lipinski definition) is 0. The molecule has 0 N–H and O–H groups in total. The molecule has 0 saturated carbocycles. The lowest BCUT2D eigenvalue weighted by Gasteiger charge is -2.20. The van der Waals surface area contributed by atoms with Gasteiger partial charge in [0, 0.05) is 13.1 Å². The Labute approximate surface area is 162 Å². The quantitative estimate of drug-likeness (QED) is 0.443. The van der Waals surface area contributed by atoms with E-state index in [1.807, 2.05) is 0 Å². The number of ether oxygens (including phenoxy) is 3. The SMILES string of the molecule is CCN(CC)C(=O)COc1ccc(CC(=O)OCC(F)(F)F)cc1OC(F)(F)F. The highest BCUT2D eigenvalue weighted by Gasteiger charge is 2.33. The molecular weight excluding hydrogens is 412 g/mol. The minimum atomic E-state index is -5.10. The average Bonchev–Trinajstić information content (AvgIpc) is 2.58. The number of hydrogen-bond acceptors (Lipinski definition) is 5. The highest BCUT2D eigenvalue weighted by Crippen LogP contribution is 2.33. The van der Waals surface area contributed by atoms with Gasteiger partial charge >= 0.3 is 18.5 Å². The van der Waals surface area contributed by atoms with Crippen LogP contribution in [0.4, 0.5) is 26.3 Å². The van der Waals surface area contributed by atoms with Gasteiger partial charge in [0.15, 0.2) is 24.7 Å². The van der Waals surface area contributed by atoms with Gasteiger partial charge in [-0.05, 0) is 31.5 Å². The molecule has 0 unspecified atom stereocenters. The van der Waals surface area contributed by atoms with E-state index in [1.54, 1.807) is 13.8 Å². The van der Waals surface area contributed by atoms with E-state index in [0.717, 1.165) is 18.2 Å². The topological polar surface area (TPSA) is 65.1 Å². The van der Waals surface area contributed by atoms with Crippen molar-refractivity contribution in [3.63, 3.8) is 0 Å². The van der Waals surface area contributed by atoms with Gasteiger partial charge in [0.2, 0.25) is 0 Å². The van der Waals surface area contributed by atoms with Crippen LogP contribution in [-0.4, -0.2) is 55.6 Å². The van der Waals surface area contributed by atoms with Crippen LogP contribution in [-0.2, 0) is 20.7 Å². The van der Waals surface area contributed by atoms with Crippen molar-refractivity contribution in [2.75, 3.05) is 26.3 Å². The number of alkyl halides is 6. The molecule has 0 aromatic heterocycles. The summed E-state index contributed by atoms with van der Waals surface area (Å²) in [6.45, 7) is 1.82. The van der Waals surface area contributed by atoms with Gasteiger partial charge in [-0.25, -0.2) is 0 Å². The lowest BCUT2D eigenvalue weighted by atomic mass is 10.1. The van der Waals surface area contributed by atoms with Gasteiger partial charge in [0.25, 0.3) is 5.91 Å². The van der Waals surface area contributed by atoms with Crippen LogP contribution in [0.5, 0.6) is 11.5 Å². The van der Waals surface area contributed by atoms with Crippen molar-refractivity contribution in [2.24, 2.45) is 0 Å². The summed E-state index contributed by atoms with van der Waals surface area (Å²) in [5, 5.41) is 0. The fourth-order valence-electron chi connectivity index (χ4n) is 2.17. The summed E-state index contributed by atoms with van der Waals surface area (Å²) < 4.78 is 87.0. The second-order valence-corrected chi connectivity index (χ2v) is 5.64. The second-order valence-electron chi connectivity index (χ2n) is 5.64. The van der Waals surface area contributed by atoms with E-state index in [0.29, 0.717) is 13.1 Å². The zero-order chi connectivity index (χ0) is 22.2. The molecule has 12 heteroatoms. The van der Waals surface area contributed by atoms with Crippen LogP contribution in [0.2, 0.25) is 0 Å². The second kappa shape index (κ2) is 10.2. The average molecular weight is 431 g/mol. The highest BCUT2D eigenvalue weighted by molar-refractivity contribution is 5.78. The molecule has 0 atom stereocenters. The summed E-state index contributed by atoms with van der Waals surface area (Å²) in [5.41, 5.74) is -0.0983. The van der Waals surface area contributed by atoms with Crippen LogP contribution in [0.25, 0.3) is 0 Å². The largest absolute Gasteiger partial charge is 0.573 e. The smallest absolute Gasteiger partial charge is 0.480 e. The first-order chi connectivity index (χ1) is 13.3. The first-order valence-corrected chi connectivity index (χ1v) is 8.36. The molecule has 0 aliphatic heterocycles. The van der Waals surface area contributed by atoms with Crippen molar-refractivity contribution in [2.45, 2.75) is 32.8 Å². The molecule has 0 saturated heterocycles. The Morgan fingerprint density at radius 1 is 1.00 bits per heavy atom. The fourth-order valence-corrected chi connectivity index (χ4v) is 2.17. The Kier molecular flexibility index (Phi) is 8.59. The molecule has 0 fully saturated rings. The van der Waals surface area contributed by atoms with E-state index in [9.17, 15) is 35.9 Å². The van der Waals surface area contributed by atoms with Crippen molar-refractivity contribution in [1.82, 2.24) is 4.90 Å². The third-order valence-electron chi connectivity index (χ3n) is 3.45. The molecule has 0 bridgehead atoms.